The number of nitrogens with one attached hydrogen (secondary N) is 2. The average Bonchev–Trinajstić information content (AvgIpc) is 3.25. The first kappa shape index (κ1) is 14.5. The highest BCUT2D eigenvalue weighted by atomic mass is 16.1. The van der Waals surface area contributed by atoms with E-state index in [1.54, 1.807) is 10.9 Å². The molecule has 0 atom stereocenters. The molecule has 0 radical (unpaired) electrons. The van der Waals surface area contributed by atoms with Gasteiger partial charge in [-0.2, -0.15) is 5.10 Å². The molecular formula is C15H20N6O. The van der Waals surface area contributed by atoms with E-state index >= 15 is 0 Å². The fraction of sp³-hybridized carbons (Fsp3) is 0.467. The van der Waals surface area contributed by atoms with Crippen molar-refractivity contribution >= 4 is 11.7 Å². The molecule has 1 amide bonds. The lowest BCUT2D eigenvalue weighted by atomic mass is 10.1. The van der Waals surface area contributed by atoms with E-state index in [1.807, 2.05) is 24.4 Å². The van der Waals surface area contributed by atoms with E-state index in [4.69, 9.17) is 0 Å². The zero-order valence-electron chi connectivity index (χ0n) is 12.4. The summed E-state index contributed by atoms with van der Waals surface area (Å²) in [4.78, 5) is 11.9. The molecule has 1 aliphatic rings. The number of aromatic nitrogens is 4. The van der Waals surface area contributed by atoms with Crippen molar-refractivity contribution in [2.24, 2.45) is 5.92 Å². The van der Waals surface area contributed by atoms with Gasteiger partial charge in [0, 0.05) is 31.4 Å². The number of hydrogen-bond donors (Lipinski definition) is 2. The number of carbonyl (C=O) groups is 1. The predicted molar refractivity (Wildman–Crippen MR) is 82.6 cm³/mol. The van der Waals surface area contributed by atoms with Gasteiger partial charge in [0.25, 0.3) is 0 Å². The molecule has 2 aromatic rings. The summed E-state index contributed by atoms with van der Waals surface area (Å²) >= 11 is 0. The number of carbonyl (C=O) groups excluding carboxylic acids is 1. The summed E-state index contributed by atoms with van der Waals surface area (Å²) in [6, 6.07) is 5.53. The lowest BCUT2D eigenvalue weighted by Crippen LogP contribution is -2.33. The van der Waals surface area contributed by atoms with Gasteiger partial charge in [-0.25, -0.2) is 4.68 Å². The minimum Gasteiger partial charge on any atom is -0.367 e. The molecule has 3 rings (SSSR count). The quantitative estimate of drug-likeness (QED) is 0.787. The molecule has 0 unspecified atom stereocenters. The van der Waals surface area contributed by atoms with E-state index < -0.39 is 0 Å². The zero-order chi connectivity index (χ0) is 15.2. The van der Waals surface area contributed by atoms with Crippen molar-refractivity contribution < 1.29 is 4.79 Å². The number of anilines is 1. The van der Waals surface area contributed by atoms with Gasteiger partial charge in [-0.1, -0.05) is 12.8 Å². The van der Waals surface area contributed by atoms with Gasteiger partial charge in [0.05, 0.1) is 0 Å². The van der Waals surface area contributed by atoms with Gasteiger partial charge in [0.1, 0.15) is 5.82 Å². The largest absolute Gasteiger partial charge is 0.367 e. The first-order chi connectivity index (χ1) is 10.8. The fourth-order valence-corrected chi connectivity index (χ4v) is 2.65. The molecular weight excluding hydrogens is 280 g/mol. The lowest BCUT2D eigenvalue weighted by molar-refractivity contribution is -0.124. The average molecular weight is 300 g/mol. The van der Waals surface area contributed by atoms with E-state index in [1.165, 1.54) is 12.8 Å². The number of rotatable bonds is 6. The maximum absolute atomic E-state index is 11.9. The highest BCUT2D eigenvalue weighted by Crippen LogP contribution is 2.24. The fourth-order valence-electron chi connectivity index (χ4n) is 2.65. The van der Waals surface area contributed by atoms with Gasteiger partial charge in [0.15, 0.2) is 5.82 Å². The molecule has 2 heterocycles. The summed E-state index contributed by atoms with van der Waals surface area (Å²) in [7, 11) is 0. The SMILES string of the molecule is O=C(NCCNc1ccc(-n2cccn2)nn1)C1CCCC1. The Balaban J connectivity index is 1.41. The van der Waals surface area contributed by atoms with Crippen molar-refractivity contribution in [3.63, 3.8) is 0 Å². The highest BCUT2D eigenvalue weighted by molar-refractivity contribution is 5.78. The molecule has 0 spiro atoms. The van der Waals surface area contributed by atoms with Crippen LogP contribution in [-0.2, 0) is 4.79 Å². The summed E-state index contributed by atoms with van der Waals surface area (Å²) < 4.78 is 1.65. The second-order valence-electron chi connectivity index (χ2n) is 5.43. The first-order valence-corrected chi connectivity index (χ1v) is 7.68. The standard InChI is InChI=1S/C15H20N6O/c22-15(12-4-1-2-5-12)17-10-9-16-13-6-7-14(20-19-13)21-11-3-8-18-21/h3,6-8,11-12H,1-2,4-5,9-10H2,(H,16,19)(H,17,22). The maximum Gasteiger partial charge on any atom is 0.223 e. The van der Waals surface area contributed by atoms with Crippen molar-refractivity contribution in [3.8, 4) is 5.82 Å². The minimum atomic E-state index is 0.180. The van der Waals surface area contributed by atoms with Crippen molar-refractivity contribution in [1.82, 2.24) is 25.3 Å². The summed E-state index contributed by atoms with van der Waals surface area (Å²) in [6.07, 6.45) is 7.92. The molecule has 2 aromatic heterocycles. The molecule has 7 nitrogen and oxygen atoms in total. The van der Waals surface area contributed by atoms with Gasteiger partial charge in [-0.05, 0) is 31.0 Å². The van der Waals surface area contributed by atoms with Crippen LogP contribution in [0.2, 0.25) is 0 Å². The van der Waals surface area contributed by atoms with E-state index in [0.717, 1.165) is 12.8 Å². The second-order valence-corrected chi connectivity index (χ2v) is 5.43. The Hall–Kier alpha value is -2.44. The van der Waals surface area contributed by atoms with Crippen LogP contribution < -0.4 is 10.6 Å². The smallest absolute Gasteiger partial charge is 0.223 e. The molecule has 0 saturated heterocycles. The maximum atomic E-state index is 11.9. The monoisotopic (exact) mass is 300 g/mol. The second kappa shape index (κ2) is 7.02. The molecule has 1 fully saturated rings. The van der Waals surface area contributed by atoms with Crippen LogP contribution in [0, 0.1) is 5.92 Å². The molecule has 0 aromatic carbocycles. The van der Waals surface area contributed by atoms with Gasteiger partial charge < -0.3 is 10.6 Å². The summed E-state index contributed by atoms with van der Waals surface area (Å²) in [5.74, 6) is 1.75. The number of nitrogens with zero attached hydrogens (tertiary/aromatic N) is 4. The Bertz CT molecular complexity index is 589. The number of amides is 1. The van der Waals surface area contributed by atoms with Gasteiger partial charge in [0.2, 0.25) is 5.91 Å². The molecule has 1 aliphatic carbocycles. The summed E-state index contributed by atoms with van der Waals surface area (Å²) in [5.41, 5.74) is 0. The van der Waals surface area contributed by atoms with E-state index in [9.17, 15) is 4.79 Å². The third-order valence-electron chi connectivity index (χ3n) is 3.85. The molecule has 22 heavy (non-hydrogen) atoms. The van der Waals surface area contributed by atoms with Crippen molar-refractivity contribution in [1.29, 1.82) is 0 Å². The van der Waals surface area contributed by atoms with E-state index in [2.05, 4.69) is 25.9 Å². The minimum absolute atomic E-state index is 0.180. The van der Waals surface area contributed by atoms with Crippen LogP contribution in [0.3, 0.4) is 0 Å². The molecule has 1 saturated carbocycles. The predicted octanol–water partition coefficient (Wildman–Crippen LogP) is 1.38. The number of hydrogen-bond acceptors (Lipinski definition) is 5. The van der Waals surface area contributed by atoms with Crippen LogP contribution in [-0.4, -0.2) is 39.0 Å². The van der Waals surface area contributed by atoms with Crippen LogP contribution >= 0.6 is 0 Å². The van der Waals surface area contributed by atoms with Crippen LogP contribution in [0.4, 0.5) is 5.82 Å². The third-order valence-corrected chi connectivity index (χ3v) is 3.85. The molecule has 7 heteroatoms. The topological polar surface area (TPSA) is 84.7 Å². The Morgan fingerprint density at radius 1 is 1.23 bits per heavy atom. The molecule has 2 N–H and O–H groups in total. The van der Waals surface area contributed by atoms with Crippen molar-refractivity contribution in [2.75, 3.05) is 18.4 Å². The Kier molecular flexibility index (Phi) is 4.62. The van der Waals surface area contributed by atoms with Crippen molar-refractivity contribution in [2.45, 2.75) is 25.7 Å². The van der Waals surface area contributed by atoms with Crippen LogP contribution in [0.25, 0.3) is 5.82 Å². The van der Waals surface area contributed by atoms with Crippen molar-refractivity contribution in [3.05, 3.63) is 30.6 Å². The summed E-state index contributed by atoms with van der Waals surface area (Å²) in [5, 5.41) is 18.4. The van der Waals surface area contributed by atoms with Crippen LogP contribution in [0.15, 0.2) is 30.6 Å². The molecule has 0 aliphatic heterocycles. The normalized spacial score (nSPS) is 14.9. The molecule has 0 bridgehead atoms. The van der Waals surface area contributed by atoms with Crippen LogP contribution in [0.5, 0.6) is 0 Å². The molecule has 116 valence electrons. The van der Waals surface area contributed by atoms with E-state index in [0.29, 0.717) is 24.7 Å². The third kappa shape index (κ3) is 3.60. The van der Waals surface area contributed by atoms with Gasteiger partial charge >= 0.3 is 0 Å². The lowest BCUT2D eigenvalue weighted by Gasteiger charge is -2.11. The zero-order valence-corrected chi connectivity index (χ0v) is 12.4. The Morgan fingerprint density at radius 2 is 2.09 bits per heavy atom. The Morgan fingerprint density at radius 3 is 2.77 bits per heavy atom. The summed E-state index contributed by atoms with van der Waals surface area (Å²) in [6.45, 7) is 1.23. The van der Waals surface area contributed by atoms with Crippen LogP contribution in [0.1, 0.15) is 25.7 Å². The van der Waals surface area contributed by atoms with Gasteiger partial charge in [-0.15, -0.1) is 10.2 Å². The highest BCUT2D eigenvalue weighted by Gasteiger charge is 2.21. The van der Waals surface area contributed by atoms with E-state index in [-0.39, 0.29) is 11.8 Å². The first-order valence-electron chi connectivity index (χ1n) is 7.68. The Labute approximate surface area is 129 Å². The van der Waals surface area contributed by atoms with Gasteiger partial charge in [-0.3, -0.25) is 4.79 Å².